The highest BCUT2D eigenvalue weighted by molar-refractivity contribution is 5.99. The first-order chi connectivity index (χ1) is 10.7. The van der Waals surface area contributed by atoms with Crippen LogP contribution in [-0.2, 0) is 7.05 Å². The number of imidazole rings is 1. The summed E-state index contributed by atoms with van der Waals surface area (Å²) in [6, 6.07) is 0. The number of hydrogen-bond acceptors (Lipinski definition) is 2. The second-order valence-corrected chi connectivity index (χ2v) is 7.19. The first kappa shape index (κ1) is 12.5. The minimum absolute atomic E-state index is 0.00611. The highest BCUT2D eigenvalue weighted by atomic mass is 16.1. The summed E-state index contributed by atoms with van der Waals surface area (Å²) in [6.45, 7) is 0.786. The molecule has 0 aliphatic heterocycles. The van der Waals surface area contributed by atoms with Gasteiger partial charge in [-0.05, 0) is 42.4 Å². The quantitative estimate of drug-likeness (QED) is 0.881. The van der Waals surface area contributed by atoms with E-state index in [4.69, 9.17) is 0 Å². The molecule has 0 saturated heterocycles. The van der Waals surface area contributed by atoms with Gasteiger partial charge in [-0.1, -0.05) is 12.2 Å². The van der Waals surface area contributed by atoms with Crippen LogP contribution in [0.1, 0.15) is 29.6 Å². The van der Waals surface area contributed by atoms with Crippen LogP contribution in [0.5, 0.6) is 0 Å². The third-order valence-electron chi connectivity index (χ3n) is 6.15. The number of aromatic nitrogens is 3. The van der Waals surface area contributed by atoms with E-state index in [0.717, 1.165) is 18.1 Å². The van der Waals surface area contributed by atoms with Crippen LogP contribution >= 0.6 is 0 Å². The average molecular weight is 296 g/mol. The summed E-state index contributed by atoms with van der Waals surface area (Å²) in [7, 11) is 1.94. The van der Waals surface area contributed by atoms with Crippen LogP contribution in [0, 0.1) is 23.2 Å². The van der Waals surface area contributed by atoms with Gasteiger partial charge in [0, 0.05) is 26.0 Å². The molecular formula is C17H20N4O. The number of carbonyl (C=O) groups excluding carboxylic acids is 1. The number of nitrogens with one attached hydrogen (secondary N) is 1. The summed E-state index contributed by atoms with van der Waals surface area (Å²) in [5.74, 6) is 2.07. The van der Waals surface area contributed by atoms with Crippen LogP contribution in [0.4, 0.5) is 0 Å². The number of allylic oxidation sites excluding steroid dienone is 2. The Labute approximate surface area is 129 Å². The zero-order valence-corrected chi connectivity index (χ0v) is 12.7. The molecule has 3 atom stereocenters. The Morgan fingerprint density at radius 3 is 3.05 bits per heavy atom. The van der Waals surface area contributed by atoms with Crippen molar-refractivity contribution in [3.05, 3.63) is 36.3 Å². The Morgan fingerprint density at radius 1 is 1.41 bits per heavy atom. The van der Waals surface area contributed by atoms with Crippen LogP contribution < -0.4 is 5.32 Å². The van der Waals surface area contributed by atoms with Crippen molar-refractivity contribution in [1.82, 2.24) is 19.5 Å². The van der Waals surface area contributed by atoms with E-state index in [2.05, 4.69) is 22.6 Å². The summed E-state index contributed by atoms with van der Waals surface area (Å²) >= 11 is 0. The Bertz CT molecular complexity index is 795. The van der Waals surface area contributed by atoms with E-state index in [-0.39, 0.29) is 5.91 Å². The average Bonchev–Trinajstić information content (AvgIpc) is 2.78. The van der Waals surface area contributed by atoms with Crippen molar-refractivity contribution in [1.29, 1.82) is 0 Å². The largest absolute Gasteiger partial charge is 0.352 e. The maximum absolute atomic E-state index is 12.5. The molecule has 5 heteroatoms. The lowest BCUT2D eigenvalue weighted by Gasteiger charge is -2.20. The van der Waals surface area contributed by atoms with E-state index in [1.165, 1.54) is 19.3 Å². The topological polar surface area (TPSA) is 51.3 Å². The zero-order chi connectivity index (χ0) is 14.9. The van der Waals surface area contributed by atoms with Gasteiger partial charge < -0.3 is 9.88 Å². The van der Waals surface area contributed by atoms with Gasteiger partial charge in [0.15, 0.2) is 0 Å². The van der Waals surface area contributed by atoms with Gasteiger partial charge in [0.05, 0.1) is 6.20 Å². The molecule has 3 aliphatic carbocycles. The van der Waals surface area contributed by atoms with Crippen LogP contribution in [0.3, 0.4) is 0 Å². The minimum Gasteiger partial charge on any atom is -0.352 e. The van der Waals surface area contributed by atoms with Gasteiger partial charge in [0.1, 0.15) is 11.2 Å². The summed E-state index contributed by atoms with van der Waals surface area (Å²) < 4.78 is 3.68. The smallest absolute Gasteiger partial charge is 0.256 e. The predicted molar refractivity (Wildman–Crippen MR) is 82.4 cm³/mol. The van der Waals surface area contributed by atoms with Crippen molar-refractivity contribution in [3.8, 4) is 0 Å². The molecule has 2 aromatic heterocycles. The molecule has 2 fully saturated rings. The molecule has 114 valence electrons. The van der Waals surface area contributed by atoms with Crippen molar-refractivity contribution in [3.63, 3.8) is 0 Å². The Kier molecular flexibility index (Phi) is 2.29. The first-order valence-corrected chi connectivity index (χ1v) is 8.14. The molecule has 1 N–H and O–H groups in total. The molecule has 0 radical (unpaired) electrons. The van der Waals surface area contributed by atoms with E-state index in [0.29, 0.717) is 22.8 Å². The van der Waals surface area contributed by atoms with Crippen molar-refractivity contribution < 1.29 is 4.79 Å². The maximum atomic E-state index is 12.5. The molecule has 0 aromatic carbocycles. The number of carbonyl (C=O) groups is 1. The molecule has 5 rings (SSSR count). The maximum Gasteiger partial charge on any atom is 0.256 e. The predicted octanol–water partition coefficient (Wildman–Crippen LogP) is 2.00. The third kappa shape index (κ3) is 1.49. The van der Waals surface area contributed by atoms with E-state index < -0.39 is 0 Å². The highest BCUT2D eigenvalue weighted by Gasteiger charge is 2.62. The Hall–Kier alpha value is -2.04. The Morgan fingerprint density at radius 2 is 2.27 bits per heavy atom. The molecule has 2 heterocycles. The fourth-order valence-electron chi connectivity index (χ4n) is 4.89. The van der Waals surface area contributed by atoms with E-state index in [9.17, 15) is 4.79 Å². The Balaban J connectivity index is 1.32. The number of aryl methyl sites for hydroxylation is 1. The van der Waals surface area contributed by atoms with Crippen molar-refractivity contribution in [2.75, 3.05) is 6.54 Å². The number of amides is 1. The molecule has 2 aromatic rings. The monoisotopic (exact) mass is 296 g/mol. The number of nitrogens with zero attached hydrogens (tertiary/aromatic N) is 3. The normalized spacial score (nSPS) is 30.5. The molecule has 22 heavy (non-hydrogen) atoms. The molecule has 1 amide bonds. The van der Waals surface area contributed by atoms with Crippen molar-refractivity contribution in [2.45, 2.75) is 19.3 Å². The lowest BCUT2D eigenvalue weighted by molar-refractivity contribution is 0.0945. The molecule has 3 aliphatic rings. The second-order valence-electron chi connectivity index (χ2n) is 7.19. The highest BCUT2D eigenvalue weighted by Crippen LogP contribution is 2.69. The van der Waals surface area contributed by atoms with E-state index >= 15 is 0 Å². The SMILES string of the molecule is Cn1ccn2ncc(C(=O)NC[C@@H]3C[C@@H]4C=C[C@@H]3C43CC3)c12. The minimum atomic E-state index is -0.00611. The second kappa shape index (κ2) is 4.03. The van der Waals surface area contributed by atoms with Crippen LogP contribution in [0.2, 0.25) is 0 Å². The lowest BCUT2D eigenvalue weighted by atomic mass is 9.89. The van der Waals surface area contributed by atoms with Gasteiger partial charge in [-0.25, -0.2) is 4.52 Å². The zero-order valence-electron chi connectivity index (χ0n) is 12.7. The standard InChI is InChI=1S/C17H20N4O/c1-20-6-7-21-16(20)13(10-19-21)15(22)18-9-11-8-12-2-3-14(11)17(12)4-5-17/h2-3,6-7,10-12,14H,4-5,8-9H2,1H3,(H,18,22)/t11-,12-,14-/m0/s1. The van der Waals surface area contributed by atoms with Gasteiger partial charge in [0.2, 0.25) is 0 Å². The lowest BCUT2D eigenvalue weighted by Crippen LogP contribution is -2.31. The summed E-state index contributed by atoms with van der Waals surface area (Å²) in [5, 5.41) is 7.38. The molecule has 5 nitrogen and oxygen atoms in total. The van der Waals surface area contributed by atoms with E-state index in [1.807, 2.05) is 24.0 Å². The first-order valence-electron chi connectivity index (χ1n) is 8.14. The van der Waals surface area contributed by atoms with Gasteiger partial charge >= 0.3 is 0 Å². The molecule has 2 bridgehead atoms. The van der Waals surface area contributed by atoms with Gasteiger partial charge in [-0.15, -0.1) is 0 Å². The van der Waals surface area contributed by atoms with E-state index in [1.54, 1.807) is 10.7 Å². The fourth-order valence-corrected chi connectivity index (χ4v) is 4.89. The van der Waals surface area contributed by atoms with Gasteiger partial charge in [0.25, 0.3) is 5.91 Å². The van der Waals surface area contributed by atoms with Gasteiger partial charge in [-0.2, -0.15) is 5.10 Å². The van der Waals surface area contributed by atoms with Crippen LogP contribution in [0.15, 0.2) is 30.7 Å². The van der Waals surface area contributed by atoms with Gasteiger partial charge in [-0.3, -0.25) is 4.79 Å². The molecule has 0 unspecified atom stereocenters. The summed E-state index contributed by atoms with van der Waals surface area (Å²) in [5.41, 5.74) is 2.11. The number of rotatable bonds is 3. The fraction of sp³-hybridized carbons (Fsp3) is 0.529. The van der Waals surface area contributed by atoms with Crippen LogP contribution in [-0.4, -0.2) is 26.6 Å². The summed E-state index contributed by atoms with van der Waals surface area (Å²) in [6.07, 6.45) is 14.3. The van der Waals surface area contributed by atoms with Crippen molar-refractivity contribution in [2.24, 2.45) is 30.2 Å². The number of fused-ring (bicyclic) bond motifs is 1. The molecule has 2 saturated carbocycles. The molecule has 1 spiro atoms. The third-order valence-corrected chi connectivity index (χ3v) is 6.15. The number of hydrogen-bond donors (Lipinski definition) is 1. The van der Waals surface area contributed by atoms with Crippen LogP contribution in [0.25, 0.3) is 5.65 Å². The van der Waals surface area contributed by atoms with Crippen molar-refractivity contribution >= 4 is 11.6 Å². The summed E-state index contributed by atoms with van der Waals surface area (Å²) in [4.78, 5) is 12.5. The molecular weight excluding hydrogens is 276 g/mol.